The number of nitrogens with zero attached hydrogens (tertiary/aromatic N) is 3. The monoisotopic (exact) mass is 259 g/mol. The summed E-state index contributed by atoms with van der Waals surface area (Å²) in [5, 5.41) is 8.07. The van der Waals surface area contributed by atoms with E-state index in [2.05, 4.69) is 42.4 Å². The Kier molecular flexibility index (Phi) is 4.55. The van der Waals surface area contributed by atoms with Crippen LogP contribution in [0.1, 0.15) is 30.2 Å². The third-order valence-corrected chi connectivity index (χ3v) is 2.98. The van der Waals surface area contributed by atoms with Crippen molar-refractivity contribution in [3.63, 3.8) is 0 Å². The molecule has 0 amide bonds. The van der Waals surface area contributed by atoms with E-state index in [-0.39, 0.29) is 0 Å². The number of aryl methyl sites for hydroxylation is 4. The van der Waals surface area contributed by atoms with Crippen LogP contribution in [-0.2, 0) is 19.9 Å². The van der Waals surface area contributed by atoms with E-state index in [1.807, 2.05) is 13.2 Å². The Morgan fingerprint density at radius 3 is 2.79 bits per heavy atom. The van der Waals surface area contributed by atoms with Gasteiger partial charge in [0.15, 0.2) is 0 Å². The van der Waals surface area contributed by atoms with Gasteiger partial charge in [0.2, 0.25) is 0 Å². The third-order valence-electron chi connectivity index (χ3n) is 2.98. The first-order valence-corrected chi connectivity index (χ1v) is 6.76. The molecule has 0 aliphatic heterocycles. The van der Waals surface area contributed by atoms with Gasteiger partial charge in [-0.1, -0.05) is 29.8 Å². The van der Waals surface area contributed by atoms with Gasteiger partial charge in [0.1, 0.15) is 5.75 Å². The Labute approximate surface area is 114 Å². The van der Waals surface area contributed by atoms with Gasteiger partial charge in [-0.3, -0.25) is 4.68 Å². The summed E-state index contributed by atoms with van der Waals surface area (Å²) < 4.78 is 7.53. The number of rotatable bonds is 6. The highest BCUT2D eigenvalue weighted by molar-refractivity contribution is 5.37. The first-order chi connectivity index (χ1) is 9.19. The lowest BCUT2D eigenvalue weighted by Crippen LogP contribution is -2.01. The van der Waals surface area contributed by atoms with Gasteiger partial charge in [0.25, 0.3) is 0 Å². The molecule has 4 nitrogen and oxygen atoms in total. The highest BCUT2D eigenvalue weighted by Crippen LogP contribution is 2.22. The number of hydrogen-bond acceptors (Lipinski definition) is 3. The van der Waals surface area contributed by atoms with Crippen molar-refractivity contribution < 1.29 is 4.74 Å². The SMILES string of the molecule is CCCOc1ccc(C)cc1CCc1cn(C)nn1. The topological polar surface area (TPSA) is 39.9 Å². The molecule has 4 heteroatoms. The zero-order chi connectivity index (χ0) is 13.7. The molecule has 0 saturated heterocycles. The van der Waals surface area contributed by atoms with Crippen molar-refractivity contribution in [3.8, 4) is 5.75 Å². The number of hydrogen-bond donors (Lipinski definition) is 0. The van der Waals surface area contributed by atoms with Crippen LogP contribution in [0.15, 0.2) is 24.4 Å². The van der Waals surface area contributed by atoms with E-state index in [1.165, 1.54) is 11.1 Å². The van der Waals surface area contributed by atoms with Crippen LogP contribution >= 0.6 is 0 Å². The third kappa shape index (κ3) is 3.81. The van der Waals surface area contributed by atoms with Crippen LogP contribution in [0.5, 0.6) is 5.75 Å². The Balaban J connectivity index is 2.06. The zero-order valence-electron chi connectivity index (χ0n) is 11.9. The molecule has 0 unspecified atom stereocenters. The molecule has 0 spiro atoms. The van der Waals surface area contributed by atoms with E-state index in [0.29, 0.717) is 0 Å². The lowest BCUT2D eigenvalue weighted by Gasteiger charge is -2.11. The van der Waals surface area contributed by atoms with Crippen molar-refractivity contribution in [3.05, 3.63) is 41.2 Å². The maximum atomic E-state index is 5.79. The summed E-state index contributed by atoms with van der Waals surface area (Å²) in [7, 11) is 1.89. The molecule has 0 aliphatic carbocycles. The van der Waals surface area contributed by atoms with Crippen molar-refractivity contribution in [1.82, 2.24) is 15.0 Å². The van der Waals surface area contributed by atoms with Crippen molar-refractivity contribution >= 4 is 0 Å². The lowest BCUT2D eigenvalue weighted by molar-refractivity contribution is 0.314. The van der Waals surface area contributed by atoms with Crippen LogP contribution < -0.4 is 4.74 Å². The molecule has 1 heterocycles. The van der Waals surface area contributed by atoms with Gasteiger partial charge >= 0.3 is 0 Å². The Morgan fingerprint density at radius 2 is 2.11 bits per heavy atom. The molecule has 0 N–H and O–H groups in total. The highest BCUT2D eigenvalue weighted by atomic mass is 16.5. The average Bonchev–Trinajstić information content (AvgIpc) is 2.81. The molecule has 0 bridgehead atoms. The molecule has 2 rings (SSSR count). The number of ether oxygens (including phenoxy) is 1. The van der Waals surface area contributed by atoms with E-state index in [4.69, 9.17) is 4.74 Å². The average molecular weight is 259 g/mol. The van der Waals surface area contributed by atoms with Crippen molar-refractivity contribution in [2.24, 2.45) is 7.05 Å². The fraction of sp³-hybridized carbons (Fsp3) is 0.467. The summed E-state index contributed by atoms with van der Waals surface area (Å²) in [5.41, 5.74) is 3.53. The van der Waals surface area contributed by atoms with Crippen molar-refractivity contribution in [2.45, 2.75) is 33.1 Å². The molecule has 19 heavy (non-hydrogen) atoms. The van der Waals surface area contributed by atoms with Crippen LogP contribution in [0.2, 0.25) is 0 Å². The molecule has 1 aromatic heterocycles. The smallest absolute Gasteiger partial charge is 0.122 e. The van der Waals surface area contributed by atoms with Crippen LogP contribution in [0.25, 0.3) is 0 Å². The summed E-state index contributed by atoms with van der Waals surface area (Å²) in [6.45, 7) is 4.99. The Bertz CT molecular complexity index is 534. The largest absolute Gasteiger partial charge is 0.493 e. The first-order valence-electron chi connectivity index (χ1n) is 6.76. The molecular formula is C15H21N3O. The van der Waals surface area contributed by atoms with E-state index < -0.39 is 0 Å². The lowest BCUT2D eigenvalue weighted by atomic mass is 10.0. The second kappa shape index (κ2) is 6.36. The maximum Gasteiger partial charge on any atom is 0.122 e. The fourth-order valence-electron chi connectivity index (χ4n) is 2.03. The van der Waals surface area contributed by atoms with E-state index >= 15 is 0 Å². The molecule has 2 aromatic rings. The standard InChI is InChI=1S/C15H21N3O/c1-4-9-19-15-8-5-12(2)10-13(15)6-7-14-11-18(3)17-16-14/h5,8,10-11H,4,6-7,9H2,1-3H3. The van der Waals surface area contributed by atoms with Crippen LogP contribution in [-0.4, -0.2) is 21.6 Å². The molecular weight excluding hydrogens is 238 g/mol. The Hall–Kier alpha value is -1.84. The van der Waals surface area contributed by atoms with E-state index in [9.17, 15) is 0 Å². The van der Waals surface area contributed by atoms with Gasteiger partial charge < -0.3 is 4.74 Å². The van der Waals surface area contributed by atoms with Crippen LogP contribution in [0, 0.1) is 6.92 Å². The second-order valence-electron chi connectivity index (χ2n) is 4.84. The van der Waals surface area contributed by atoms with Gasteiger partial charge in [-0.15, -0.1) is 5.10 Å². The molecule has 0 atom stereocenters. The fourth-order valence-corrected chi connectivity index (χ4v) is 2.03. The molecule has 0 fully saturated rings. The molecule has 1 aromatic carbocycles. The van der Waals surface area contributed by atoms with Crippen molar-refractivity contribution in [2.75, 3.05) is 6.61 Å². The number of aromatic nitrogens is 3. The van der Waals surface area contributed by atoms with Crippen LogP contribution in [0.3, 0.4) is 0 Å². The normalized spacial score (nSPS) is 10.7. The summed E-state index contributed by atoms with van der Waals surface area (Å²) in [4.78, 5) is 0. The molecule has 0 aliphatic rings. The molecule has 0 radical (unpaired) electrons. The minimum Gasteiger partial charge on any atom is -0.493 e. The number of benzene rings is 1. The molecule has 0 saturated carbocycles. The van der Waals surface area contributed by atoms with Gasteiger partial charge in [-0.05, 0) is 37.8 Å². The highest BCUT2D eigenvalue weighted by Gasteiger charge is 2.06. The van der Waals surface area contributed by atoms with Gasteiger partial charge in [-0.25, -0.2) is 0 Å². The second-order valence-corrected chi connectivity index (χ2v) is 4.84. The predicted molar refractivity (Wildman–Crippen MR) is 75.4 cm³/mol. The quantitative estimate of drug-likeness (QED) is 0.800. The van der Waals surface area contributed by atoms with E-state index in [1.54, 1.807) is 4.68 Å². The zero-order valence-corrected chi connectivity index (χ0v) is 11.9. The predicted octanol–water partition coefficient (Wildman–Crippen LogP) is 2.70. The summed E-state index contributed by atoms with van der Waals surface area (Å²) in [5.74, 6) is 0.997. The maximum absolute atomic E-state index is 5.79. The van der Waals surface area contributed by atoms with Gasteiger partial charge in [-0.2, -0.15) is 0 Å². The summed E-state index contributed by atoms with van der Waals surface area (Å²) in [6, 6.07) is 6.36. The minimum atomic E-state index is 0.765. The van der Waals surface area contributed by atoms with Gasteiger partial charge in [0.05, 0.1) is 12.3 Å². The minimum absolute atomic E-state index is 0.765. The first kappa shape index (κ1) is 13.6. The van der Waals surface area contributed by atoms with E-state index in [0.717, 1.165) is 37.3 Å². The Morgan fingerprint density at radius 1 is 1.26 bits per heavy atom. The van der Waals surface area contributed by atoms with Crippen molar-refractivity contribution in [1.29, 1.82) is 0 Å². The summed E-state index contributed by atoms with van der Waals surface area (Å²) >= 11 is 0. The molecule has 102 valence electrons. The van der Waals surface area contributed by atoms with Gasteiger partial charge in [0, 0.05) is 13.2 Å². The summed E-state index contributed by atoms with van der Waals surface area (Å²) in [6.07, 6.45) is 4.80. The van der Waals surface area contributed by atoms with Crippen LogP contribution in [0.4, 0.5) is 0 Å².